The number of fused-ring (bicyclic) bond motifs is 3. The fraction of sp³-hybridized carbons (Fsp3) is 0.333. The largest absolute Gasteiger partial charge is 0.465 e. The lowest BCUT2D eigenvalue weighted by Crippen LogP contribution is -2.29. The van der Waals surface area contributed by atoms with Crippen molar-refractivity contribution in [3.05, 3.63) is 52.5 Å². The summed E-state index contributed by atoms with van der Waals surface area (Å²) >= 11 is 0. The molecular weight excluding hydrogens is 306 g/mol. The molecule has 6 nitrogen and oxygen atoms in total. The van der Waals surface area contributed by atoms with Crippen molar-refractivity contribution in [2.24, 2.45) is 0 Å². The van der Waals surface area contributed by atoms with Gasteiger partial charge in [-0.3, -0.25) is 4.90 Å². The van der Waals surface area contributed by atoms with Gasteiger partial charge in [0.25, 0.3) is 0 Å². The Balaban J connectivity index is 1.64. The number of carbonyl (C=O) groups excluding carboxylic acids is 1. The number of nitrogens with zero attached hydrogens (tertiary/aromatic N) is 2. The van der Waals surface area contributed by atoms with E-state index in [1.807, 2.05) is 25.1 Å². The summed E-state index contributed by atoms with van der Waals surface area (Å²) in [6.45, 7) is 4.46. The van der Waals surface area contributed by atoms with Crippen molar-refractivity contribution < 1.29 is 14.1 Å². The molecule has 3 heterocycles. The van der Waals surface area contributed by atoms with E-state index in [0.717, 1.165) is 48.4 Å². The quantitative estimate of drug-likeness (QED) is 0.750. The van der Waals surface area contributed by atoms with Crippen LogP contribution in [0.1, 0.15) is 33.1 Å². The van der Waals surface area contributed by atoms with Gasteiger partial charge in [0.2, 0.25) is 0 Å². The van der Waals surface area contributed by atoms with Gasteiger partial charge in [0.1, 0.15) is 5.76 Å². The standard InChI is InChI=1S/C18H19N3O3/c1-11-7-13(20-24-11)9-21-6-5-17-15(10-21)14-8-12(18(22)23-2)3-4-16(14)19-17/h3-4,7-8,19H,5-6,9-10H2,1-2H3. The molecule has 0 aliphatic carbocycles. The molecule has 6 heteroatoms. The van der Waals surface area contributed by atoms with Crippen LogP contribution in [0.2, 0.25) is 0 Å². The van der Waals surface area contributed by atoms with Crippen LogP contribution < -0.4 is 0 Å². The number of aromatic nitrogens is 2. The Morgan fingerprint density at radius 2 is 2.29 bits per heavy atom. The van der Waals surface area contributed by atoms with Crippen LogP contribution in [0, 0.1) is 6.92 Å². The van der Waals surface area contributed by atoms with Gasteiger partial charge in [-0.1, -0.05) is 5.16 Å². The van der Waals surface area contributed by atoms with Crippen LogP contribution in [0.15, 0.2) is 28.8 Å². The molecule has 0 radical (unpaired) electrons. The number of aromatic amines is 1. The molecule has 0 saturated heterocycles. The molecule has 1 aliphatic heterocycles. The third-order valence-electron chi connectivity index (χ3n) is 4.54. The number of benzene rings is 1. The molecule has 0 spiro atoms. The first-order valence-electron chi connectivity index (χ1n) is 8.00. The molecule has 1 N–H and O–H groups in total. The molecule has 0 fully saturated rings. The average molecular weight is 325 g/mol. The number of nitrogens with one attached hydrogen (secondary N) is 1. The summed E-state index contributed by atoms with van der Waals surface area (Å²) in [5.41, 5.74) is 5.09. The predicted octanol–water partition coefficient (Wildman–Crippen LogP) is 2.81. The van der Waals surface area contributed by atoms with E-state index in [0.29, 0.717) is 5.56 Å². The van der Waals surface area contributed by atoms with Crippen molar-refractivity contribution in [2.45, 2.75) is 26.4 Å². The Morgan fingerprint density at radius 3 is 3.04 bits per heavy atom. The summed E-state index contributed by atoms with van der Waals surface area (Å²) in [6.07, 6.45) is 0.953. The monoisotopic (exact) mass is 325 g/mol. The number of H-pyrrole nitrogens is 1. The molecule has 1 aliphatic rings. The van der Waals surface area contributed by atoms with Crippen LogP contribution in [0.3, 0.4) is 0 Å². The summed E-state index contributed by atoms with van der Waals surface area (Å²) in [5, 5.41) is 5.17. The zero-order valence-corrected chi connectivity index (χ0v) is 13.8. The average Bonchev–Trinajstić information content (AvgIpc) is 3.16. The fourth-order valence-corrected chi connectivity index (χ4v) is 3.37. The van der Waals surface area contributed by atoms with Gasteiger partial charge in [-0.25, -0.2) is 4.79 Å². The molecule has 0 unspecified atom stereocenters. The number of hydrogen-bond acceptors (Lipinski definition) is 5. The van der Waals surface area contributed by atoms with Crippen molar-refractivity contribution >= 4 is 16.9 Å². The number of ether oxygens (including phenoxy) is 1. The third-order valence-corrected chi connectivity index (χ3v) is 4.54. The van der Waals surface area contributed by atoms with E-state index in [1.165, 1.54) is 18.4 Å². The second-order valence-electron chi connectivity index (χ2n) is 6.22. The van der Waals surface area contributed by atoms with Crippen molar-refractivity contribution in [2.75, 3.05) is 13.7 Å². The lowest BCUT2D eigenvalue weighted by atomic mass is 10.0. The van der Waals surface area contributed by atoms with Crippen LogP contribution in [0.4, 0.5) is 0 Å². The van der Waals surface area contributed by atoms with Gasteiger partial charge in [-0.05, 0) is 30.7 Å². The summed E-state index contributed by atoms with van der Waals surface area (Å²) in [4.78, 5) is 17.6. The van der Waals surface area contributed by atoms with Crippen LogP contribution in [0.25, 0.3) is 10.9 Å². The van der Waals surface area contributed by atoms with Crippen LogP contribution >= 0.6 is 0 Å². The smallest absolute Gasteiger partial charge is 0.337 e. The van der Waals surface area contributed by atoms with E-state index < -0.39 is 0 Å². The first kappa shape index (κ1) is 15.0. The van der Waals surface area contributed by atoms with Gasteiger partial charge in [-0.15, -0.1) is 0 Å². The van der Waals surface area contributed by atoms with E-state index in [9.17, 15) is 4.79 Å². The maximum Gasteiger partial charge on any atom is 0.337 e. The maximum absolute atomic E-state index is 11.8. The predicted molar refractivity (Wildman–Crippen MR) is 88.7 cm³/mol. The highest BCUT2D eigenvalue weighted by Gasteiger charge is 2.22. The molecule has 1 aromatic carbocycles. The van der Waals surface area contributed by atoms with E-state index in [-0.39, 0.29) is 5.97 Å². The molecule has 2 aromatic heterocycles. The minimum absolute atomic E-state index is 0.308. The van der Waals surface area contributed by atoms with E-state index >= 15 is 0 Å². The minimum atomic E-state index is -0.308. The van der Waals surface area contributed by atoms with E-state index in [4.69, 9.17) is 9.26 Å². The van der Waals surface area contributed by atoms with Crippen molar-refractivity contribution in [1.82, 2.24) is 15.0 Å². The first-order valence-corrected chi connectivity index (χ1v) is 8.00. The number of hydrogen-bond donors (Lipinski definition) is 1. The molecule has 124 valence electrons. The van der Waals surface area contributed by atoms with Gasteiger partial charge in [0.05, 0.1) is 18.4 Å². The Hall–Kier alpha value is -2.60. The van der Waals surface area contributed by atoms with E-state index in [2.05, 4.69) is 15.0 Å². The summed E-state index contributed by atoms with van der Waals surface area (Å²) in [6, 6.07) is 7.64. The SMILES string of the molecule is COC(=O)c1ccc2[nH]c3c(c2c1)CN(Cc1cc(C)on1)CC3. The minimum Gasteiger partial charge on any atom is -0.465 e. The maximum atomic E-state index is 11.8. The van der Waals surface area contributed by atoms with Gasteiger partial charge in [0.15, 0.2) is 0 Å². The molecule has 0 atom stereocenters. The first-order chi connectivity index (χ1) is 11.6. The fourth-order valence-electron chi connectivity index (χ4n) is 3.37. The normalized spacial score (nSPS) is 14.8. The van der Waals surface area contributed by atoms with Crippen LogP contribution in [-0.2, 0) is 24.2 Å². The number of aryl methyl sites for hydroxylation is 1. The zero-order chi connectivity index (χ0) is 16.7. The summed E-state index contributed by atoms with van der Waals surface area (Å²) < 4.78 is 9.98. The zero-order valence-electron chi connectivity index (χ0n) is 13.8. The van der Waals surface area contributed by atoms with Gasteiger partial charge in [0, 0.05) is 48.7 Å². The Morgan fingerprint density at radius 1 is 1.42 bits per heavy atom. The van der Waals surface area contributed by atoms with Crippen molar-refractivity contribution in [3.8, 4) is 0 Å². The van der Waals surface area contributed by atoms with Crippen molar-refractivity contribution in [1.29, 1.82) is 0 Å². The molecule has 3 aromatic rings. The third kappa shape index (κ3) is 2.59. The van der Waals surface area contributed by atoms with Crippen LogP contribution in [0.5, 0.6) is 0 Å². The highest BCUT2D eigenvalue weighted by Crippen LogP contribution is 2.29. The highest BCUT2D eigenvalue weighted by molar-refractivity contribution is 5.96. The Bertz CT molecular complexity index is 910. The highest BCUT2D eigenvalue weighted by atomic mass is 16.5. The topological polar surface area (TPSA) is 71.4 Å². The molecule has 0 saturated carbocycles. The number of carbonyl (C=O) groups is 1. The summed E-state index contributed by atoms with van der Waals surface area (Å²) in [7, 11) is 1.40. The number of esters is 1. The van der Waals surface area contributed by atoms with Gasteiger partial charge >= 0.3 is 5.97 Å². The lowest BCUT2D eigenvalue weighted by Gasteiger charge is -2.26. The molecule has 4 rings (SSSR count). The second kappa shape index (κ2) is 5.79. The second-order valence-corrected chi connectivity index (χ2v) is 6.22. The number of methoxy groups -OCH3 is 1. The number of rotatable bonds is 3. The lowest BCUT2D eigenvalue weighted by molar-refractivity contribution is 0.0601. The Labute approximate surface area is 139 Å². The van der Waals surface area contributed by atoms with E-state index in [1.54, 1.807) is 6.07 Å². The van der Waals surface area contributed by atoms with Crippen LogP contribution in [-0.4, -0.2) is 34.7 Å². The van der Waals surface area contributed by atoms with Crippen molar-refractivity contribution in [3.63, 3.8) is 0 Å². The Kier molecular flexibility index (Phi) is 3.61. The summed E-state index contributed by atoms with van der Waals surface area (Å²) in [5.74, 6) is 0.523. The molecule has 24 heavy (non-hydrogen) atoms. The molecular formula is C18H19N3O3. The van der Waals surface area contributed by atoms with Gasteiger partial charge in [-0.2, -0.15) is 0 Å². The molecule has 0 bridgehead atoms. The molecule has 0 amide bonds. The van der Waals surface area contributed by atoms with Gasteiger partial charge < -0.3 is 14.2 Å².